The summed E-state index contributed by atoms with van der Waals surface area (Å²) in [6.07, 6.45) is 11.4. The first kappa shape index (κ1) is 33.5. The van der Waals surface area contributed by atoms with Crippen LogP contribution in [0.1, 0.15) is 96.6 Å². The Labute approximate surface area is 303 Å². The molecule has 1 amide bonds. The van der Waals surface area contributed by atoms with Crippen molar-refractivity contribution < 1.29 is 28.5 Å². The molecule has 9 rings (SSSR count). The van der Waals surface area contributed by atoms with Crippen molar-refractivity contribution in [1.29, 1.82) is 0 Å². The minimum atomic E-state index is -0.560. The second-order valence-corrected chi connectivity index (χ2v) is 18.0. The van der Waals surface area contributed by atoms with E-state index in [0.29, 0.717) is 29.8 Å². The van der Waals surface area contributed by atoms with E-state index in [1.807, 2.05) is 60.7 Å². The van der Waals surface area contributed by atoms with Gasteiger partial charge in [-0.1, -0.05) is 100 Å². The summed E-state index contributed by atoms with van der Waals surface area (Å²) in [5, 5.41) is 0. The van der Waals surface area contributed by atoms with Crippen molar-refractivity contribution in [2.75, 3.05) is 6.54 Å². The van der Waals surface area contributed by atoms with Crippen LogP contribution < -0.4 is 0 Å². The summed E-state index contributed by atoms with van der Waals surface area (Å²) in [7, 11) is 0. The molecule has 272 valence electrons. The predicted molar refractivity (Wildman–Crippen MR) is 193 cm³/mol. The third-order valence-corrected chi connectivity index (χ3v) is 15.7. The highest BCUT2D eigenvalue weighted by Crippen LogP contribution is 2.87. The number of hydrogen-bond acceptors (Lipinski definition) is 6. The molecular formula is C44H55NO6. The van der Waals surface area contributed by atoms with Gasteiger partial charge in [-0.05, 0) is 97.0 Å². The Morgan fingerprint density at radius 2 is 1.61 bits per heavy atom. The topological polar surface area (TPSA) is 74.3 Å². The van der Waals surface area contributed by atoms with Gasteiger partial charge in [0.2, 0.25) is 0 Å². The van der Waals surface area contributed by atoms with Crippen molar-refractivity contribution in [3.05, 3.63) is 83.4 Å². The molecule has 2 aromatic rings. The zero-order valence-electron chi connectivity index (χ0n) is 30.9. The molecule has 7 nitrogen and oxygen atoms in total. The van der Waals surface area contributed by atoms with Crippen LogP contribution in [-0.4, -0.2) is 47.5 Å². The van der Waals surface area contributed by atoms with Gasteiger partial charge in [-0.3, -0.25) is 0 Å². The molecule has 7 heteroatoms. The van der Waals surface area contributed by atoms with Crippen LogP contribution >= 0.6 is 0 Å². The molecule has 2 spiro atoms. The molecule has 0 unspecified atom stereocenters. The number of ether oxygens (including phenoxy) is 4. The molecule has 2 saturated heterocycles. The number of carbonyl (C=O) groups excluding carboxylic acids is 2. The maximum atomic E-state index is 13.8. The van der Waals surface area contributed by atoms with Gasteiger partial charge in [-0.2, -0.15) is 0 Å². The molecule has 0 radical (unpaired) electrons. The van der Waals surface area contributed by atoms with Gasteiger partial charge in [0.1, 0.15) is 19.3 Å². The van der Waals surface area contributed by atoms with E-state index in [9.17, 15) is 9.59 Å². The van der Waals surface area contributed by atoms with E-state index in [1.54, 1.807) is 0 Å². The summed E-state index contributed by atoms with van der Waals surface area (Å²) in [4.78, 5) is 28.5. The van der Waals surface area contributed by atoms with E-state index in [0.717, 1.165) is 62.1 Å². The first-order chi connectivity index (χ1) is 24.6. The summed E-state index contributed by atoms with van der Waals surface area (Å²) in [5.74, 6) is 2.70. The number of allylic oxidation sites excluding steroid dienone is 1. The second kappa shape index (κ2) is 12.1. The Morgan fingerprint density at radius 1 is 0.902 bits per heavy atom. The van der Waals surface area contributed by atoms with E-state index < -0.39 is 6.16 Å². The number of nitrogens with zero attached hydrogens (tertiary/aromatic N) is 1. The zero-order chi connectivity index (χ0) is 35.2. The minimum absolute atomic E-state index is 0.0552. The molecule has 2 heterocycles. The van der Waals surface area contributed by atoms with Crippen LogP contribution in [0.4, 0.5) is 9.59 Å². The average molecular weight is 694 g/mol. The summed E-state index contributed by atoms with van der Waals surface area (Å²) >= 11 is 0. The highest BCUT2D eigenvalue weighted by molar-refractivity contribution is 5.68. The van der Waals surface area contributed by atoms with Gasteiger partial charge in [0.15, 0.2) is 0 Å². The summed E-state index contributed by atoms with van der Waals surface area (Å²) < 4.78 is 24.8. The van der Waals surface area contributed by atoms with Crippen molar-refractivity contribution >= 4 is 12.2 Å². The standard InChI is InChI=1S/C44H55NO6/c1-28-21-37-38(45(24-28)39(46)48-25-30-11-7-5-8-12-30)29(2)44(51-37)20-18-35-34-16-15-32-22-33(50-40(47)49-26-31-13-9-6-10-14-31)17-19-41(32,3)36(34)23-43(35)27-42(43,44)4/h5-15,28-29,33-38H,16-27H2,1-4H3/t28-,29+,33-,34-,35-,36-,37+,38-,41-,42+,43+,44+/m0/s1. The fourth-order valence-corrected chi connectivity index (χ4v) is 13.3. The number of carbonyl (C=O) groups is 2. The molecule has 7 aliphatic rings. The summed E-state index contributed by atoms with van der Waals surface area (Å²) in [6.45, 7) is 11.0. The number of piperidine rings is 1. The van der Waals surface area contributed by atoms with Crippen LogP contribution in [0.15, 0.2) is 72.3 Å². The van der Waals surface area contributed by atoms with Crippen LogP contribution in [0.2, 0.25) is 0 Å². The second-order valence-electron chi connectivity index (χ2n) is 18.0. The first-order valence-corrected chi connectivity index (χ1v) is 19.8. The SMILES string of the molecule is C[C@H]1C[C@H]2O[C@]3(CC[C@H]4[C@@H]5CC=C6C[C@@H](OC(=O)OCc7ccccc7)CC[C@]6(C)[C@H]5C[C@@]45C[C@]53C)[C@H](C)[C@@H]2N(C(=O)OCc2ccccc2)C1. The molecule has 5 aliphatic carbocycles. The Kier molecular flexibility index (Phi) is 7.96. The molecule has 0 aromatic heterocycles. The number of amides is 1. The number of fused-ring (bicyclic) bond motifs is 6. The zero-order valence-corrected chi connectivity index (χ0v) is 30.9. The Hall–Kier alpha value is -3.32. The largest absolute Gasteiger partial charge is 0.508 e. The van der Waals surface area contributed by atoms with Gasteiger partial charge in [-0.25, -0.2) is 9.59 Å². The smallest absolute Gasteiger partial charge is 0.445 e. The molecule has 51 heavy (non-hydrogen) atoms. The number of benzene rings is 2. The molecule has 4 saturated carbocycles. The van der Waals surface area contributed by atoms with E-state index in [2.05, 4.69) is 38.7 Å². The summed E-state index contributed by atoms with van der Waals surface area (Å²) in [5.41, 5.74) is 3.82. The third-order valence-electron chi connectivity index (χ3n) is 15.7. The molecule has 6 fully saturated rings. The van der Waals surface area contributed by atoms with Gasteiger partial charge in [0.25, 0.3) is 0 Å². The lowest BCUT2D eigenvalue weighted by Crippen LogP contribution is -2.56. The highest BCUT2D eigenvalue weighted by Gasteiger charge is 2.84. The number of hydrogen-bond donors (Lipinski definition) is 0. The molecule has 2 aromatic carbocycles. The van der Waals surface area contributed by atoms with Crippen LogP contribution in [0.5, 0.6) is 0 Å². The van der Waals surface area contributed by atoms with Crippen LogP contribution in [0, 0.1) is 45.8 Å². The fourth-order valence-electron chi connectivity index (χ4n) is 13.3. The first-order valence-electron chi connectivity index (χ1n) is 19.8. The van der Waals surface area contributed by atoms with Gasteiger partial charge in [-0.15, -0.1) is 0 Å². The highest BCUT2D eigenvalue weighted by atomic mass is 16.7. The van der Waals surface area contributed by atoms with Gasteiger partial charge in [0.05, 0.1) is 17.7 Å². The van der Waals surface area contributed by atoms with Gasteiger partial charge >= 0.3 is 12.2 Å². The monoisotopic (exact) mass is 693 g/mol. The lowest BCUT2D eigenvalue weighted by molar-refractivity contribution is -0.147. The van der Waals surface area contributed by atoms with Gasteiger partial charge in [0, 0.05) is 24.3 Å². The lowest BCUT2D eigenvalue weighted by Gasteiger charge is -2.50. The molecule has 0 bridgehead atoms. The quantitative estimate of drug-likeness (QED) is 0.230. The molecule has 12 atom stereocenters. The predicted octanol–water partition coefficient (Wildman–Crippen LogP) is 9.49. The molecular weight excluding hydrogens is 638 g/mol. The minimum Gasteiger partial charge on any atom is -0.445 e. The van der Waals surface area contributed by atoms with Crippen LogP contribution in [0.3, 0.4) is 0 Å². The third kappa shape index (κ3) is 5.06. The number of likely N-dealkylation sites (tertiary alicyclic amines) is 1. The van der Waals surface area contributed by atoms with Crippen molar-refractivity contribution in [1.82, 2.24) is 4.90 Å². The summed E-state index contributed by atoms with van der Waals surface area (Å²) in [6, 6.07) is 19.8. The lowest BCUT2D eigenvalue weighted by atomic mass is 9.56. The average Bonchev–Trinajstić information content (AvgIpc) is 3.48. The maximum absolute atomic E-state index is 13.8. The van der Waals surface area contributed by atoms with Crippen LogP contribution in [0.25, 0.3) is 0 Å². The van der Waals surface area contributed by atoms with E-state index in [1.165, 1.54) is 24.8 Å². The normalized spacial score (nSPS) is 43.1. The molecule has 2 aliphatic heterocycles. The van der Waals surface area contributed by atoms with Gasteiger partial charge < -0.3 is 23.8 Å². The Balaban J connectivity index is 0.891. The maximum Gasteiger partial charge on any atom is 0.508 e. The number of rotatable bonds is 5. The van der Waals surface area contributed by atoms with Crippen molar-refractivity contribution in [3.63, 3.8) is 0 Å². The Morgan fingerprint density at radius 3 is 2.33 bits per heavy atom. The van der Waals surface area contributed by atoms with Crippen molar-refractivity contribution in [2.24, 2.45) is 45.8 Å². The van der Waals surface area contributed by atoms with E-state index in [-0.39, 0.29) is 53.3 Å². The fraction of sp³-hybridized carbons (Fsp3) is 0.636. The Bertz CT molecular complexity index is 1700. The molecule has 0 N–H and O–H groups in total. The van der Waals surface area contributed by atoms with Crippen LogP contribution in [-0.2, 0) is 32.2 Å². The van der Waals surface area contributed by atoms with Crippen molar-refractivity contribution in [2.45, 2.75) is 123 Å². The van der Waals surface area contributed by atoms with E-state index >= 15 is 0 Å². The van der Waals surface area contributed by atoms with Crippen molar-refractivity contribution in [3.8, 4) is 0 Å². The van der Waals surface area contributed by atoms with E-state index in [4.69, 9.17) is 18.9 Å².